The van der Waals surface area contributed by atoms with Crippen molar-refractivity contribution < 1.29 is 19.0 Å². The van der Waals surface area contributed by atoms with Gasteiger partial charge in [-0.25, -0.2) is 4.79 Å². The molecule has 2 aromatic heterocycles. The number of nitrogens with one attached hydrogen (secondary N) is 2. The van der Waals surface area contributed by atoms with Crippen molar-refractivity contribution in [3.8, 4) is 11.5 Å². The van der Waals surface area contributed by atoms with Gasteiger partial charge >= 0.3 is 5.97 Å². The lowest BCUT2D eigenvalue weighted by atomic mass is 10.1. The molecule has 0 aliphatic carbocycles. The number of carbonyl (C=O) groups is 1. The minimum Gasteiger partial charge on any atom is -0.465 e. The quantitative estimate of drug-likeness (QED) is 0.300. The third-order valence-electron chi connectivity index (χ3n) is 5.73. The molecular weight excluding hydrogens is 480 g/mol. The Kier molecular flexibility index (Phi) is 6.50. The van der Waals surface area contributed by atoms with Crippen molar-refractivity contribution in [1.82, 2.24) is 14.9 Å². The number of nitrogens with zero attached hydrogens (tertiary/aromatic N) is 2. The molecule has 0 unspecified atom stereocenters. The summed E-state index contributed by atoms with van der Waals surface area (Å²) in [6, 6.07) is 16.1. The van der Waals surface area contributed by atoms with Crippen molar-refractivity contribution in [2.24, 2.45) is 0 Å². The number of ether oxygens (including phenoxy) is 3. The number of carbonyl (C=O) groups excluding carboxylic acids is 1. The van der Waals surface area contributed by atoms with Crippen LogP contribution < -0.4 is 20.3 Å². The molecule has 3 heterocycles. The predicted octanol–water partition coefficient (Wildman–Crippen LogP) is 3.84. The van der Waals surface area contributed by atoms with Gasteiger partial charge in [0.1, 0.15) is 0 Å². The summed E-state index contributed by atoms with van der Waals surface area (Å²) in [4.78, 5) is 34.2. The number of methoxy groups -OCH3 is 1. The molecular formula is C26H22N4O5S. The van der Waals surface area contributed by atoms with Gasteiger partial charge in [-0.1, -0.05) is 18.2 Å². The molecule has 9 nitrogen and oxygen atoms in total. The maximum Gasteiger partial charge on any atom is 0.339 e. The van der Waals surface area contributed by atoms with Gasteiger partial charge in [-0.05, 0) is 48.1 Å². The SMILES string of the molecule is COC(=O)c1ccccc1NC(=S)N(Cc1cccnc1)Cc1cc2cc3c(cc2[nH]c1=O)OCO3. The van der Waals surface area contributed by atoms with Gasteiger partial charge in [0.25, 0.3) is 5.56 Å². The fraction of sp³-hybridized carbons (Fsp3) is 0.154. The van der Waals surface area contributed by atoms with Gasteiger partial charge in [-0.2, -0.15) is 0 Å². The fourth-order valence-electron chi connectivity index (χ4n) is 3.95. The van der Waals surface area contributed by atoms with E-state index in [1.165, 1.54) is 7.11 Å². The zero-order valence-electron chi connectivity index (χ0n) is 19.3. The van der Waals surface area contributed by atoms with Crippen molar-refractivity contribution >= 4 is 39.9 Å². The Hall–Kier alpha value is -4.44. The number of para-hydroxylation sites is 1. The second-order valence-electron chi connectivity index (χ2n) is 8.10. The van der Waals surface area contributed by atoms with Gasteiger partial charge in [0.2, 0.25) is 6.79 Å². The minimum atomic E-state index is -0.482. The second-order valence-corrected chi connectivity index (χ2v) is 8.49. The summed E-state index contributed by atoms with van der Waals surface area (Å²) < 4.78 is 15.8. The first-order valence-corrected chi connectivity index (χ1v) is 11.5. The number of H-pyrrole nitrogens is 1. The first-order chi connectivity index (χ1) is 17.5. The minimum absolute atomic E-state index is 0.147. The molecule has 10 heteroatoms. The van der Waals surface area contributed by atoms with Crippen molar-refractivity contribution in [2.75, 3.05) is 19.2 Å². The molecule has 0 fully saturated rings. The molecule has 5 rings (SSSR count). The molecule has 0 radical (unpaired) electrons. The summed E-state index contributed by atoms with van der Waals surface area (Å²) in [6.45, 7) is 0.744. The molecule has 36 heavy (non-hydrogen) atoms. The Morgan fingerprint density at radius 2 is 1.94 bits per heavy atom. The Morgan fingerprint density at radius 3 is 2.72 bits per heavy atom. The lowest BCUT2D eigenvalue weighted by molar-refractivity contribution is 0.0602. The van der Waals surface area contributed by atoms with Gasteiger partial charge in [0.15, 0.2) is 16.6 Å². The van der Waals surface area contributed by atoms with E-state index in [1.807, 2.05) is 29.2 Å². The van der Waals surface area contributed by atoms with Crippen LogP contribution >= 0.6 is 12.2 Å². The number of aromatic amines is 1. The van der Waals surface area contributed by atoms with E-state index in [4.69, 9.17) is 26.4 Å². The van der Waals surface area contributed by atoms with Gasteiger partial charge in [0.05, 0.1) is 30.4 Å². The van der Waals surface area contributed by atoms with Crippen LogP contribution in [0.2, 0.25) is 0 Å². The number of hydrogen-bond acceptors (Lipinski definition) is 7. The van der Waals surface area contributed by atoms with Crippen LogP contribution in [0.25, 0.3) is 10.9 Å². The van der Waals surface area contributed by atoms with Crippen molar-refractivity contribution in [1.29, 1.82) is 0 Å². The first kappa shape index (κ1) is 23.3. The number of hydrogen-bond donors (Lipinski definition) is 2. The molecule has 0 bridgehead atoms. The maximum absolute atomic E-state index is 13.0. The van der Waals surface area contributed by atoms with E-state index in [0.717, 1.165) is 10.9 Å². The van der Waals surface area contributed by atoms with Crippen LogP contribution in [0.5, 0.6) is 11.5 Å². The van der Waals surface area contributed by atoms with Crippen LogP contribution in [0.4, 0.5) is 5.69 Å². The highest BCUT2D eigenvalue weighted by Crippen LogP contribution is 2.35. The summed E-state index contributed by atoms with van der Waals surface area (Å²) in [5.41, 5.74) is 2.68. The van der Waals surface area contributed by atoms with E-state index in [9.17, 15) is 9.59 Å². The number of esters is 1. The number of rotatable bonds is 6. The van der Waals surface area contributed by atoms with E-state index < -0.39 is 5.97 Å². The zero-order valence-corrected chi connectivity index (χ0v) is 20.1. The van der Waals surface area contributed by atoms with Gasteiger partial charge in [-0.15, -0.1) is 0 Å². The Labute approximate surface area is 211 Å². The molecule has 182 valence electrons. The second kappa shape index (κ2) is 10.0. The maximum atomic E-state index is 13.0. The van der Waals surface area contributed by atoms with Crippen molar-refractivity contribution in [3.05, 3.63) is 94.0 Å². The number of benzene rings is 2. The van der Waals surface area contributed by atoms with Crippen molar-refractivity contribution in [2.45, 2.75) is 13.1 Å². The summed E-state index contributed by atoms with van der Waals surface area (Å²) in [5.74, 6) is 0.743. The molecule has 0 amide bonds. The smallest absolute Gasteiger partial charge is 0.339 e. The topological polar surface area (TPSA) is 106 Å². The predicted molar refractivity (Wildman–Crippen MR) is 138 cm³/mol. The monoisotopic (exact) mass is 502 g/mol. The summed E-state index contributed by atoms with van der Waals surface area (Å²) in [7, 11) is 1.32. The lowest BCUT2D eigenvalue weighted by Crippen LogP contribution is -2.36. The molecule has 0 saturated heterocycles. The third-order valence-corrected chi connectivity index (χ3v) is 6.09. The van der Waals surface area contributed by atoms with Gasteiger partial charge in [0, 0.05) is 36.0 Å². The molecule has 2 N–H and O–H groups in total. The lowest BCUT2D eigenvalue weighted by Gasteiger charge is -2.26. The highest BCUT2D eigenvalue weighted by Gasteiger charge is 2.19. The van der Waals surface area contributed by atoms with Gasteiger partial charge < -0.3 is 29.4 Å². The van der Waals surface area contributed by atoms with E-state index >= 15 is 0 Å². The highest BCUT2D eigenvalue weighted by molar-refractivity contribution is 7.80. The summed E-state index contributed by atoms with van der Waals surface area (Å²) in [6.07, 6.45) is 3.43. The number of pyridine rings is 2. The van der Waals surface area contributed by atoms with Gasteiger partial charge in [-0.3, -0.25) is 9.78 Å². The van der Waals surface area contributed by atoms with E-state index in [0.29, 0.717) is 45.5 Å². The molecule has 1 aliphatic rings. The molecule has 0 atom stereocenters. The van der Waals surface area contributed by atoms with Crippen LogP contribution in [-0.2, 0) is 17.8 Å². The number of anilines is 1. The summed E-state index contributed by atoms with van der Waals surface area (Å²) in [5, 5.41) is 4.29. The largest absolute Gasteiger partial charge is 0.465 e. The first-order valence-electron chi connectivity index (χ1n) is 11.1. The molecule has 0 saturated carbocycles. The fourth-order valence-corrected chi connectivity index (χ4v) is 4.19. The van der Waals surface area contributed by atoms with Crippen LogP contribution in [0.15, 0.2) is 71.8 Å². The highest BCUT2D eigenvalue weighted by atomic mass is 32.1. The van der Waals surface area contributed by atoms with E-state index in [1.54, 1.807) is 42.7 Å². The zero-order chi connectivity index (χ0) is 25.1. The van der Waals surface area contributed by atoms with E-state index in [-0.39, 0.29) is 18.9 Å². The Bertz CT molecular complexity index is 1510. The standard InChI is InChI=1S/C26H22N4O5S/c1-33-25(32)19-6-2-3-7-20(19)29-26(36)30(13-16-5-4-8-27-12-16)14-18-9-17-10-22-23(35-15-34-22)11-21(17)28-24(18)31/h2-12H,13-15H2,1H3,(H,28,31)(H,29,36). The van der Waals surface area contributed by atoms with Crippen molar-refractivity contribution in [3.63, 3.8) is 0 Å². The number of fused-ring (bicyclic) bond motifs is 2. The molecule has 2 aromatic carbocycles. The molecule has 1 aliphatic heterocycles. The molecule has 0 spiro atoms. The van der Waals surface area contributed by atoms with Crippen LogP contribution in [-0.4, -0.2) is 39.9 Å². The summed E-state index contributed by atoms with van der Waals surface area (Å²) >= 11 is 5.74. The Balaban J connectivity index is 1.47. The number of aromatic nitrogens is 2. The normalized spacial score (nSPS) is 11.8. The van der Waals surface area contributed by atoms with Crippen LogP contribution in [0.3, 0.4) is 0 Å². The van der Waals surface area contributed by atoms with Crippen LogP contribution in [0, 0.1) is 0 Å². The number of thiocarbonyl (C=S) groups is 1. The molecule has 4 aromatic rings. The van der Waals surface area contributed by atoms with E-state index in [2.05, 4.69) is 15.3 Å². The van der Waals surface area contributed by atoms with Crippen LogP contribution in [0.1, 0.15) is 21.5 Å². The Morgan fingerprint density at radius 1 is 1.14 bits per heavy atom. The average molecular weight is 503 g/mol. The average Bonchev–Trinajstić information content (AvgIpc) is 3.35. The third kappa shape index (κ3) is 4.84.